The van der Waals surface area contributed by atoms with Gasteiger partial charge in [0.05, 0.1) is 5.54 Å². The van der Waals surface area contributed by atoms with Crippen molar-refractivity contribution in [3.63, 3.8) is 0 Å². The molecule has 4 aliphatic carbocycles. The highest BCUT2D eigenvalue weighted by molar-refractivity contribution is 6.05. The molecule has 1 aliphatic heterocycles. The monoisotopic (exact) mass is 340 g/mol. The molecule has 4 saturated carbocycles. The Morgan fingerprint density at radius 1 is 1.00 bits per heavy atom. The Labute approximate surface area is 147 Å². The maximum absolute atomic E-state index is 13.1. The average molecular weight is 340 g/mol. The normalized spacial score (nSPS) is 39.1. The first-order valence-corrected chi connectivity index (χ1v) is 9.45. The summed E-state index contributed by atoms with van der Waals surface area (Å²) >= 11 is 0. The molecule has 5 aliphatic rings. The Bertz CT molecular complexity index is 692. The SMILES string of the molecule is O=C1N[C@H](Cc2ccc(O)cc2)C(=O)N1C12CC3CC(CC(C3)C1)C2. The van der Waals surface area contributed by atoms with Crippen molar-refractivity contribution in [2.45, 2.75) is 56.5 Å². The fraction of sp³-hybridized carbons (Fsp3) is 0.600. The number of hydrogen-bond donors (Lipinski definition) is 2. The molecule has 2 N–H and O–H groups in total. The van der Waals surface area contributed by atoms with E-state index >= 15 is 0 Å². The van der Waals surface area contributed by atoms with Gasteiger partial charge in [0.2, 0.25) is 0 Å². The fourth-order valence-electron chi connectivity index (χ4n) is 6.33. The third kappa shape index (κ3) is 2.35. The number of nitrogens with one attached hydrogen (secondary N) is 1. The summed E-state index contributed by atoms with van der Waals surface area (Å²) in [5, 5.41) is 12.3. The van der Waals surface area contributed by atoms with Crippen molar-refractivity contribution in [1.29, 1.82) is 0 Å². The van der Waals surface area contributed by atoms with Gasteiger partial charge in [-0.25, -0.2) is 4.79 Å². The van der Waals surface area contributed by atoms with E-state index in [2.05, 4.69) is 5.32 Å². The molecule has 0 spiro atoms. The molecule has 3 amide bonds. The smallest absolute Gasteiger partial charge is 0.325 e. The number of urea groups is 1. The van der Waals surface area contributed by atoms with Crippen LogP contribution in [0.15, 0.2) is 24.3 Å². The number of phenolic OH excluding ortho intramolecular Hbond substituents is 1. The van der Waals surface area contributed by atoms with Crippen LogP contribution in [0.3, 0.4) is 0 Å². The van der Waals surface area contributed by atoms with E-state index in [9.17, 15) is 14.7 Å². The second kappa shape index (κ2) is 5.23. The van der Waals surface area contributed by atoms with E-state index < -0.39 is 6.04 Å². The standard InChI is InChI=1S/C20H24N2O3/c23-16-3-1-12(2-4-16)8-17-18(24)22(19(25)21-17)20-9-13-5-14(10-20)7-15(6-13)11-20/h1-4,13-15,17,23H,5-11H2,(H,21,25)/t13?,14?,15?,17-,20?/m1/s1. The van der Waals surface area contributed by atoms with Crippen molar-refractivity contribution in [3.8, 4) is 5.75 Å². The first kappa shape index (κ1) is 15.2. The molecule has 0 unspecified atom stereocenters. The van der Waals surface area contributed by atoms with Gasteiger partial charge in [-0.1, -0.05) is 12.1 Å². The van der Waals surface area contributed by atoms with Gasteiger partial charge in [-0.3, -0.25) is 9.69 Å². The maximum Gasteiger partial charge on any atom is 0.325 e. The van der Waals surface area contributed by atoms with Crippen LogP contribution in [0.5, 0.6) is 5.75 Å². The molecule has 1 heterocycles. The summed E-state index contributed by atoms with van der Waals surface area (Å²) in [7, 11) is 0. The summed E-state index contributed by atoms with van der Waals surface area (Å²) < 4.78 is 0. The fourth-order valence-corrected chi connectivity index (χ4v) is 6.33. The highest BCUT2D eigenvalue weighted by Gasteiger charge is 2.58. The third-order valence-electron chi connectivity index (χ3n) is 6.88. The number of benzene rings is 1. The van der Waals surface area contributed by atoms with Gasteiger partial charge in [-0.05, 0) is 74.0 Å². The number of phenols is 1. The van der Waals surface area contributed by atoms with Crippen molar-refractivity contribution in [3.05, 3.63) is 29.8 Å². The van der Waals surface area contributed by atoms with Gasteiger partial charge in [0, 0.05) is 6.42 Å². The van der Waals surface area contributed by atoms with Crippen molar-refractivity contribution in [2.75, 3.05) is 0 Å². The highest BCUT2D eigenvalue weighted by Crippen LogP contribution is 2.58. The van der Waals surface area contributed by atoms with E-state index in [4.69, 9.17) is 0 Å². The van der Waals surface area contributed by atoms with Crippen molar-refractivity contribution in [1.82, 2.24) is 10.2 Å². The number of hydrogen-bond acceptors (Lipinski definition) is 3. The maximum atomic E-state index is 13.1. The van der Waals surface area contributed by atoms with Crippen LogP contribution in [0.4, 0.5) is 4.79 Å². The van der Waals surface area contributed by atoms with E-state index in [0.29, 0.717) is 24.2 Å². The topological polar surface area (TPSA) is 69.6 Å². The third-order valence-corrected chi connectivity index (χ3v) is 6.88. The Hall–Kier alpha value is -2.04. The minimum absolute atomic E-state index is 0.0555. The molecule has 1 aromatic rings. The highest BCUT2D eigenvalue weighted by atomic mass is 16.3. The van der Waals surface area contributed by atoms with Crippen LogP contribution in [0.1, 0.15) is 44.1 Å². The molecule has 25 heavy (non-hydrogen) atoms. The molecular formula is C20H24N2O3. The largest absolute Gasteiger partial charge is 0.508 e. The molecule has 1 atom stereocenters. The molecule has 5 nitrogen and oxygen atoms in total. The van der Waals surface area contributed by atoms with Crippen LogP contribution < -0.4 is 5.32 Å². The van der Waals surface area contributed by atoms with Gasteiger partial charge in [-0.2, -0.15) is 0 Å². The predicted octanol–water partition coefficient (Wildman–Crippen LogP) is 2.82. The van der Waals surface area contributed by atoms with Gasteiger partial charge in [0.1, 0.15) is 11.8 Å². The molecule has 1 saturated heterocycles. The minimum atomic E-state index is -0.481. The molecule has 4 bridgehead atoms. The molecule has 5 fully saturated rings. The van der Waals surface area contributed by atoms with Crippen molar-refractivity contribution in [2.24, 2.45) is 17.8 Å². The number of rotatable bonds is 3. The lowest BCUT2D eigenvalue weighted by molar-refractivity contribution is -0.140. The Balaban J connectivity index is 1.39. The zero-order valence-electron chi connectivity index (χ0n) is 14.3. The van der Waals surface area contributed by atoms with E-state index in [-0.39, 0.29) is 23.2 Å². The summed E-state index contributed by atoms with van der Waals surface area (Å²) in [5.41, 5.74) is 0.725. The zero-order chi connectivity index (χ0) is 17.2. The second-order valence-electron chi connectivity index (χ2n) is 8.69. The lowest BCUT2D eigenvalue weighted by Gasteiger charge is -2.58. The molecule has 0 radical (unpaired) electrons. The van der Waals surface area contributed by atoms with Gasteiger partial charge in [0.15, 0.2) is 0 Å². The van der Waals surface area contributed by atoms with Crippen molar-refractivity contribution >= 4 is 11.9 Å². The van der Waals surface area contributed by atoms with E-state index in [1.165, 1.54) is 19.3 Å². The lowest BCUT2D eigenvalue weighted by Crippen LogP contribution is -2.62. The number of carbonyl (C=O) groups is 2. The summed E-state index contributed by atoms with van der Waals surface area (Å²) in [4.78, 5) is 27.4. The van der Waals surface area contributed by atoms with Crippen LogP contribution in [-0.4, -0.2) is 33.5 Å². The quantitative estimate of drug-likeness (QED) is 0.831. The first-order chi connectivity index (χ1) is 12.0. The number of carbonyl (C=O) groups excluding carboxylic acids is 2. The zero-order valence-corrected chi connectivity index (χ0v) is 14.3. The van der Waals surface area contributed by atoms with Crippen LogP contribution in [0.25, 0.3) is 0 Å². The van der Waals surface area contributed by atoms with Crippen LogP contribution in [-0.2, 0) is 11.2 Å². The van der Waals surface area contributed by atoms with Crippen molar-refractivity contribution < 1.29 is 14.7 Å². The number of amides is 3. The molecule has 0 aromatic heterocycles. The molecule has 5 heteroatoms. The summed E-state index contributed by atoms with van der Waals surface area (Å²) in [5.74, 6) is 2.25. The van der Waals surface area contributed by atoms with Crippen LogP contribution in [0.2, 0.25) is 0 Å². The van der Waals surface area contributed by atoms with Crippen LogP contribution in [0, 0.1) is 17.8 Å². The molecule has 6 rings (SSSR count). The molecule has 132 valence electrons. The van der Waals surface area contributed by atoms with E-state index in [1.807, 2.05) is 12.1 Å². The molecule has 1 aromatic carbocycles. The number of aromatic hydroxyl groups is 1. The van der Waals surface area contributed by atoms with Gasteiger partial charge in [0.25, 0.3) is 5.91 Å². The Morgan fingerprint density at radius 3 is 2.12 bits per heavy atom. The summed E-state index contributed by atoms with van der Waals surface area (Å²) in [6.45, 7) is 0. The van der Waals surface area contributed by atoms with E-state index in [0.717, 1.165) is 24.8 Å². The van der Waals surface area contributed by atoms with Crippen LogP contribution >= 0.6 is 0 Å². The summed E-state index contributed by atoms with van der Waals surface area (Å²) in [6.07, 6.45) is 7.37. The van der Waals surface area contributed by atoms with Gasteiger partial charge < -0.3 is 10.4 Å². The summed E-state index contributed by atoms with van der Waals surface area (Å²) in [6, 6.07) is 6.17. The van der Waals surface area contributed by atoms with E-state index in [1.54, 1.807) is 17.0 Å². The molecular weight excluding hydrogens is 316 g/mol. The van der Waals surface area contributed by atoms with Gasteiger partial charge >= 0.3 is 6.03 Å². The Morgan fingerprint density at radius 2 is 1.56 bits per heavy atom. The second-order valence-corrected chi connectivity index (χ2v) is 8.69. The average Bonchev–Trinajstić information content (AvgIpc) is 2.83. The van der Waals surface area contributed by atoms with Gasteiger partial charge in [-0.15, -0.1) is 0 Å². The number of imide groups is 1. The first-order valence-electron chi connectivity index (χ1n) is 9.45. The predicted molar refractivity (Wildman–Crippen MR) is 91.9 cm³/mol. The number of nitrogens with zero attached hydrogens (tertiary/aromatic N) is 1. The minimum Gasteiger partial charge on any atom is -0.508 e. The lowest BCUT2D eigenvalue weighted by atomic mass is 9.52. The Kier molecular flexibility index (Phi) is 3.19.